The second-order valence-corrected chi connectivity index (χ2v) is 7.41. The molecule has 0 radical (unpaired) electrons. The average molecular weight is 355 g/mol. The van der Waals surface area contributed by atoms with Crippen molar-refractivity contribution in [1.82, 2.24) is 0 Å². The summed E-state index contributed by atoms with van der Waals surface area (Å²) >= 11 is 0. The normalized spacial score (nSPS) is 13.4. The molecule has 25 heavy (non-hydrogen) atoms. The van der Waals surface area contributed by atoms with E-state index in [-0.39, 0.29) is 23.8 Å². The molecule has 0 saturated heterocycles. The van der Waals surface area contributed by atoms with Crippen LogP contribution in [0.25, 0.3) is 0 Å². The lowest BCUT2D eigenvalue weighted by molar-refractivity contribution is -0.166. The van der Waals surface area contributed by atoms with Gasteiger partial charge in [-0.15, -0.1) is 0 Å². The third-order valence-electron chi connectivity index (χ3n) is 4.95. The number of carbonyl (C=O) groups excluding carboxylic acids is 2. The van der Waals surface area contributed by atoms with Gasteiger partial charge in [0.1, 0.15) is 0 Å². The van der Waals surface area contributed by atoms with E-state index in [1.54, 1.807) is 0 Å². The van der Waals surface area contributed by atoms with E-state index in [9.17, 15) is 9.59 Å². The molecule has 0 aliphatic rings. The molecular weight excluding hydrogens is 312 g/mol. The number of hydrogen-bond donors (Lipinski definition) is 0. The Morgan fingerprint density at radius 1 is 0.560 bits per heavy atom. The highest BCUT2D eigenvalue weighted by molar-refractivity contribution is 5.87. The third kappa shape index (κ3) is 12.2. The molecule has 148 valence electrons. The minimum atomic E-state index is -0.280. The molecule has 0 spiro atoms. The molecule has 0 aromatic heterocycles. The van der Waals surface area contributed by atoms with E-state index >= 15 is 0 Å². The monoisotopic (exact) mass is 354 g/mol. The number of ether oxygens (including phenoxy) is 1. The maximum absolute atomic E-state index is 12.4. The van der Waals surface area contributed by atoms with Crippen LogP contribution in [-0.2, 0) is 14.3 Å². The number of esters is 2. The molecule has 0 aromatic rings. The molecular formula is C22H42O3. The van der Waals surface area contributed by atoms with Crippen molar-refractivity contribution in [3.05, 3.63) is 0 Å². The van der Waals surface area contributed by atoms with Crippen LogP contribution in [0.15, 0.2) is 0 Å². The summed E-state index contributed by atoms with van der Waals surface area (Å²) in [6, 6.07) is 0. The van der Waals surface area contributed by atoms with Gasteiger partial charge in [-0.05, 0) is 25.7 Å². The minimum Gasteiger partial charge on any atom is -0.393 e. The van der Waals surface area contributed by atoms with Crippen LogP contribution in [0.5, 0.6) is 0 Å². The fourth-order valence-electron chi connectivity index (χ4n) is 3.36. The van der Waals surface area contributed by atoms with Gasteiger partial charge >= 0.3 is 11.9 Å². The van der Waals surface area contributed by atoms with Crippen LogP contribution in [-0.4, -0.2) is 11.9 Å². The highest BCUT2D eigenvalue weighted by atomic mass is 16.6. The summed E-state index contributed by atoms with van der Waals surface area (Å²) in [5.74, 6) is -0.766. The van der Waals surface area contributed by atoms with Crippen molar-refractivity contribution in [2.24, 2.45) is 11.8 Å². The molecule has 0 bridgehead atoms. The second kappa shape index (κ2) is 16.6. The Morgan fingerprint density at radius 3 is 1.28 bits per heavy atom. The molecule has 0 amide bonds. The molecule has 0 aromatic carbocycles. The van der Waals surface area contributed by atoms with Gasteiger partial charge in [0.15, 0.2) is 0 Å². The summed E-state index contributed by atoms with van der Waals surface area (Å²) in [5, 5.41) is 0. The van der Waals surface area contributed by atoms with E-state index in [1.807, 2.05) is 0 Å². The smallest absolute Gasteiger partial charge is 0.316 e. The molecule has 0 rings (SSSR count). The van der Waals surface area contributed by atoms with Gasteiger partial charge in [0, 0.05) is 0 Å². The Balaban J connectivity index is 4.45. The quantitative estimate of drug-likeness (QED) is 0.173. The van der Waals surface area contributed by atoms with Crippen molar-refractivity contribution in [3.8, 4) is 0 Å². The molecule has 0 aliphatic heterocycles. The van der Waals surface area contributed by atoms with Gasteiger partial charge in [-0.1, -0.05) is 91.9 Å². The van der Waals surface area contributed by atoms with Crippen molar-refractivity contribution < 1.29 is 14.3 Å². The first-order valence-corrected chi connectivity index (χ1v) is 10.9. The Labute approximate surface area is 156 Å². The molecule has 3 nitrogen and oxygen atoms in total. The topological polar surface area (TPSA) is 43.4 Å². The van der Waals surface area contributed by atoms with Crippen molar-refractivity contribution in [3.63, 3.8) is 0 Å². The van der Waals surface area contributed by atoms with E-state index < -0.39 is 0 Å². The Hall–Kier alpha value is -0.860. The maximum Gasteiger partial charge on any atom is 0.316 e. The largest absolute Gasteiger partial charge is 0.393 e. The van der Waals surface area contributed by atoms with Gasteiger partial charge in [-0.25, -0.2) is 0 Å². The van der Waals surface area contributed by atoms with Crippen molar-refractivity contribution in [1.29, 1.82) is 0 Å². The summed E-state index contributed by atoms with van der Waals surface area (Å²) in [5.41, 5.74) is 0. The lowest BCUT2D eigenvalue weighted by Crippen LogP contribution is -2.26. The van der Waals surface area contributed by atoms with Gasteiger partial charge in [0.2, 0.25) is 0 Å². The van der Waals surface area contributed by atoms with Crippen molar-refractivity contribution in [2.45, 2.75) is 118 Å². The van der Waals surface area contributed by atoms with Crippen LogP contribution in [0.4, 0.5) is 0 Å². The van der Waals surface area contributed by atoms with Crippen LogP contribution in [0.1, 0.15) is 118 Å². The fraction of sp³-hybridized carbons (Fsp3) is 0.909. The van der Waals surface area contributed by atoms with Gasteiger partial charge in [0.25, 0.3) is 0 Å². The van der Waals surface area contributed by atoms with E-state index in [0.717, 1.165) is 64.2 Å². The lowest BCUT2D eigenvalue weighted by Gasteiger charge is -2.18. The first-order valence-electron chi connectivity index (χ1n) is 10.9. The lowest BCUT2D eigenvalue weighted by atomic mass is 9.95. The summed E-state index contributed by atoms with van der Waals surface area (Å²) in [4.78, 5) is 24.9. The second-order valence-electron chi connectivity index (χ2n) is 7.41. The summed E-state index contributed by atoms with van der Waals surface area (Å²) in [6.45, 7) is 8.54. The highest BCUT2D eigenvalue weighted by Crippen LogP contribution is 2.22. The fourth-order valence-corrected chi connectivity index (χ4v) is 3.36. The summed E-state index contributed by atoms with van der Waals surface area (Å²) in [6.07, 6.45) is 14.5. The Bertz CT molecular complexity index is 306. The minimum absolute atomic E-state index is 0.104. The molecule has 0 N–H and O–H groups in total. The average Bonchev–Trinajstić information content (AvgIpc) is 2.60. The maximum atomic E-state index is 12.4. The SMILES string of the molecule is CCCCCC[C@@H](CCC)C(=O)OC(=O)[C@H](CCC)CCCCCC. The van der Waals surface area contributed by atoms with Crippen molar-refractivity contribution >= 4 is 11.9 Å². The zero-order chi connectivity index (χ0) is 18.9. The number of carbonyl (C=O) groups is 2. The van der Waals surface area contributed by atoms with Crippen LogP contribution < -0.4 is 0 Å². The van der Waals surface area contributed by atoms with E-state index in [0.29, 0.717) is 0 Å². The first-order chi connectivity index (χ1) is 12.1. The van der Waals surface area contributed by atoms with Gasteiger partial charge in [0.05, 0.1) is 11.8 Å². The Morgan fingerprint density at radius 2 is 0.960 bits per heavy atom. The molecule has 0 unspecified atom stereocenters. The summed E-state index contributed by atoms with van der Waals surface area (Å²) in [7, 11) is 0. The zero-order valence-corrected chi connectivity index (χ0v) is 17.3. The summed E-state index contributed by atoms with van der Waals surface area (Å²) < 4.78 is 5.32. The number of rotatable bonds is 16. The van der Waals surface area contributed by atoms with Crippen molar-refractivity contribution in [2.75, 3.05) is 0 Å². The van der Waals surface area contributed by atoms with Crippen LogP contribution in [0.3, 0.4) is 0 Å². The molecule has 0 saturated carbocycles. The van der Waals surface area contributed by atoms with E-state index in [4.69, 9.17) is 4.74 Å². The molecule has 2 atom stereocenters. The highest BCUT2D eigenvalue weighted by Gasteiger charge is 2.26. The Kier molecular flexibility index (Phi) is 16.0. The van der Waals surface area contributed by atoms with Crippen LogP contribution in [0.2, 0.25) is 0 Å². The predicted molar refractivity (Wildman–Crippen MR) is 105 cm³/mol. The zero-order valence-electron chi connectivity index (χ0n) is 17.3. The standard InChI is InChI=1S/C22H42O3/c1-5-9-11-13-17-19(15-7-3)21(23)25-22(24)20(16-8-4)18-14-12-10-6-2/h19-20H,5-18H2,1-4H3/t19-,20-/m1/s1. The van der Waals surface area contributed by atoms with Crippen LogP contribution >= 0.6 is 0 Å². The molecule has 0 heterocycles. The van der Waals surface area contributed by atoms with Gasteiger partial charge in [-0.3, -0.25) is 9.59 Å². The number of unbranched alkanes of at least 4 members (excludes halogenated alkanes) is 6. The van der Waals surface area contributed by atoms with E-state index in [1.165, 1.54) is 25.7 Å². The van der Waals surface area contributed by atoms with Gasteiger partial charge < -0.3 is 4.74 Å². The van der Waals surface area contributed by atoms with Gasteiger partial charge in [-0.2, -0.15) is 0 Å². The van der Waals surface area contributed by atoms with E-state index in [2.05, 4.69) is 27.7 Å². The molecule has 0 aliphatic carbocycles. The first kappa shape index (κ1) is 24.1. The predicted octanol–water partition coefficient (Wildman–Crippen LogP) is 6.83. The van der Waals surface area contributed by atoms with Crippen LogP contribution in [0, 0.1) is 11.8 Å². The molecule has 3 heteroatoms. The third-order valence-corrected chi connectivity index (χ3v) is 4.95. The molecule has 0 fully saturated rings. The number of hydrogen-bond acceptors (Lipinski definition) is 3.